The molecule has 1 fully saturated rings. The van der Waals surface area contributed by atoms with Crippen molar-refractivity contribution in [2.75, 3.05) is 0 Å². The molecule has 2 N–H and O–H groups in total. The summed E-state index contributed by atoms with van der Waals surface area (Å²) in [7, 11) is 0. The molecule has 0 aromatic rings. The zero-order chi connectivity index (χ0) is 17.0. The molecule has 2 nitrogen and oxygen atoms in total. The van der Waals surface area contributed by atoms with Crippen LogP contribution < -0.4 is 5.73 Å². The Hall–Kier alpha value is -0.0800. The van der Waals surface area contributed by atoms with Gasteiger partial charge in [-0.05, 0) is 25.7 Å². The zero-order valence-corrected chi connectivity index (χ0v) is 16.3. The van der Waals surface area contributed by atoms with E-state index >= 15 is 0 Å². The molecule has 1 aliphatic rings. The summed E-state index contributed by atoms with van der Waals surface area (Å²) in [5.74, 6) is 0. The van der Waals surface area contributed by atoms with E-state index in [4.69, 9.17) is 10.5 Å². The summed E-state index contributed by atoms with van der Waals surface area (Å²) < 4.78 is 6.09. The fourth-order valence-corrected chi connectivity index (χ4v) is 3.95. The highest BCUT2D eigenvalue weighted by molar-refractivity contribution is 5.11. The highest BCUT2D eigenvalue weighted by Crippen LogP contribution is 2.52. The van der Waals surface area contributed by atoms with E-state index in [9.17, 15) is 0 Å². The Morgan fingerprint density at radius 1 is 0.609 bits per heavy atom. The first kappa shape index (κ1) is 21.0. The number of ether oxygens (including phenoxy) is 1. The molecule has 0 aromatic heterocycles. The molecule has 2 heteroatoms. The SMILES string of the molecule is CCCCCCCCCC1(N)OC1(CC)CCCCCCCC. The van der Waals surface area contributed by atoms with E-state index in [1.165, 1.54) is 89.9 Å². The first-order valence-electron chi connectivity index (χ1n) is 10.6. The fraction of sp³-hybridized carbons (Fsp3) is 1.00. The number of epoxide rings is 1. The van der Waals surface area contributed by atoms with Gasteiger partial charge in [-0.3, -0.25) is 0 Å². The van der Waals surface area contributed by atoms with E-state index in [1.807, 2.05) is 0 Å². The van der Waals surface area contributed by atoms with Crippen molar-refractivity contribution >= 4 is 0 Å². The molecular weight excluding hydrogens is 282 g/mol. The van der Waals surface area contributed by atoms with Gasteiger partial charge in [0.1, 0.15) is 11.3 Å². The monoisotopic (exact) mass is 325 g/mol. The summed E-state index contributed by atoms with van der Waals surface area (Å²) in [6, 6.07) is 0. The number of hydrogen-bond donors (Lipinski definition) is 1. The maximum atomic E-state index is 6.54. The van der Waals surface area contributed by atoms with Crippen LogP contribution in [0.4, 0.5) is 0 Å². The number of nitrogens with two attached hydrogens (primary N) is 1. The Morgan fingerprint density at radius 2 is 1.04 bits per heavy atom. The molecule has 2 unspecified atom stereocenters. The van der Waals surface area contributed by atoms with Gasteiger partial charge in [0.05, 0.1) is 0 Å². The van der Waals surface area contributed by atoms with E-state index in [1.54, 1.807) is 0 Å². The quantitative estimate of drug-likeness (QED) is 0.253. The smallest absolute Gasteiger partial charge is 0.147 e. The summed E-state index contributed by atoms with van der Waals surface area (Å²) in [6.45, 7) is 6.80. The third-order valence-electron chi connectivity index (χ3n) is 5.76. The molecule has 0 aliphatic carbocycles. The third-order valence-corrected chi connectivity index (χ3v) is 5.76. The van der Waals surface area contributed by atoms with E-state index in [-0.39, 0.29) is 11.3 Å². The predicted octanol–water partition coefficient (Wildman–Crippen LogP) is 6.71. The number of rotatable bonds is 16. The van der Waals surface area contributed by atoms with Crippen LogP contribution in [0.1, 0.15) is 124 Å². The summed E-state index contributed by atoms with van der Waals surface area (Å²) in [5.41, 5.74) is 6.26. The highest BCUT2D eigenvalue weighted by Gasteiger charge is 2.65. The lowest BCUT2D eigenvalue weighted by Gasteiger charge is -2.15. The normalized spacial score (nSPS) is 26.6. The van der Waals surface area contributed by atoms with Crippen LogP contribution in [0.3, 0.4) is 0 Å². The van der Waals surface area contributed by atoms with Crippen LogP contribution in [0, 0.1) is 0 Å². The van der Waals surface area contributed by atoms with Crippen molar-refractivity contribution in [3.63, 3.8) is 0 Å². The molecule has 2 atom stereocenters. The average Bonchev–Trinajstić information content (AvgIpc) is 3.15. The molecule has 1 rings (SSSR count). The molecule has 1 aliphatic heterocycles. The second-order valence-electron chi connectivity index (χ2n) is 7.73. The summed E-state index contributed by atoms with van der Waals surface area (Å²) in [4.78, 5) is 0. The molecule has 0 bridgehead atoms. The van der Waals surface area contributed by atoms with E-state index in [0.29, 0.717) is 0 Å². The van der Waals surface area contributed by atoms with Gasteiger partial charge in [0, 0.05) is 0 Å². The minimum atomic E-state index is -0.297. The summed E-state index contributed by atoms with van der Waals surface area (Å²) in [5, 5.41) is 0. The lowest BCUT2D eigenvalue weighted by molar-refractivity contribution is 0.240. The van der Waals surface area contributed by atoms with Crippen molar-refractivity contribution in [1.29, 1.82) is 0 Å². The molecule has 0 aromatic carbocycles. The van der Waals surface area contributed by atoms with Crippen molar-refractivity contribution in [2.45, 2.75) is 135 Å². The number of unbranched alkanes of at least 4 members (excludes halogenated alkanes) is 11. The van der Waals surface area contributed by atoms with Gasteiger partial charge in [-0.25, -0.2) is 0 Å². The molecule has 0 amide bonds. The largest absolute Gasteiger partial charge is 0.347 e. The molecule has 138 valence electrons. The number of hydrogen-bond acceptors (Lipinski definition) is 2. The van der Waals surface area contributed by atoms with Gasteiger partial charge in [-0.2, -0.15) is 0 Å². The first-order valence-corrected chi connectivity index (χ1v) is 10.6. The second kappa shape index (κ2) is 11.5. The van der Waals surface area contributed by atoms with Gasteiger partial charge in [-0.15, -0.1) is 0 Å². The standard InChI is InChI=1S/C21H43NO/c1-4-7-9-11-13-15-17-19-21(22)20(6-3,23-21)18-16-14-12-10-8-5-2/h4-19,22H2,1-3H3. The fourth-order valence-electron chi connectivity index (χ4n) is 3.95. The molecule has 0 saturated carbocycles. The molecule has 0 spiro atoms. The maximum Gasteiger partial charge on any atom is 0.147 e. The first-order chi connectivity index (χ1) is 11.1. The Morgan fingerprint density at radius 3 is 1.52 bits per heavy atom. The molecule has 0 radical (unpaired) electrons. The van der Waals surface area contributed by atoms with Crippen molar-refractivity contribution in [3.05, 3.63) is 0 Å². The zero-order valence-electron chi connectivity index (χ0n) is 16.3. The van der Waals surface area contributed by atoms with Crippen LogP contribution in [0.5, 0.6) is 0 Å². The van der Waals surface area contributed by atoms with Crippen molar-refractivity contribution in [2.24, 2.45) is 5.73 Å². The van der Waals surface area contributed by atoms with Gasteiger partial charge >= 0.3 is 0 Å². The minimum absolute atomic E-state index is 0.0139. The van der Waals surface area contributed by atoms with Gasteiger partial charge in [0.15, 0.2) is 0 Å². The van der Waals surface area contributed by atoms with Crippen LogP contribution >= 0.6 is 0 Å². The topological polar surface area (TPSA) is 38.5 Å². The molecular formula is C21H43NO. The molecule has 1 saturated heterocycles. The van der Waals surface area contributed by atoms with Crippen LogP contribution in [0.15, 0.2) is 0 Å². The van der Waals surface area contributed by atoms with Gasteiger partial charge in [0.2, 0.25) is 0 Å². The van der Waals surface area contributed by atoms with E-state index < -0.39 is 0 Å². The maximum absolute atomic E-state index is 6.54. The Kier molecular flexibility index (Phi) is 10.5. The Bertz CT molecular complexity index is 294. The summed E-state index contributed by atoms with van der Waals surface area (Å²) in [6.07, 6.45) is 20.9. The van der Waals surface area contributed by atoms with E-state index in [2.05, 4.69) is 20.8 Å². The van der Waals surface area contributed by atoms with Crippen molar-refractivity contribution in [3.8, 4) is 0 Å². The molecule has 1 heterocycles. The minimum Gasteiger partial charge on any atom is -0.347 e. The average molecular weight is 326 g/mol. The Labute approximate surface area is 145 Å². The third kappa shape index (κ3) is 7.13. The second-order valence-corrected chi connectivity index (χ2v) is 7.73. The predicted molar refractivity (Wildman–Crippen MR) is 102 cm³/mol. The van der Waals surface area contributed by atoms with Crippen molar-refractivity contribution < 1.29 is 4.74 Å². The lowest BCUT2D eigenvalue weighted by Crippen LogP contribution is -2.34. The Balaban J connectivity index is 2.10. The van der Waals surface area contributed by atoms with Gasteiger partial charge < -0.3 is 10.5 Å². The highest BCUT2D eigenvalue weighted by atomic mass is 16.6. The van der Waals surface area contributed by atoms with Crippen LogP contribution in [0.2, 0.25) is 0 Å². The van der Waals surface area contributed by atoms with Gasteiger partial charge in [0.25, 0.3) is 0 Å². The van der Waals surface area contributed by atoms with E-state index in [0.717, 1.165) is 12.8 Å². The lowest BCUT2D eigenvalue weighted by atomic mass is 9.88. The summed E-state index contributed by atoms with van der Waals surface area (Å²) >= 11 is 0. The van der Waals surface area contributed by atoms with Crippen LogP contribution in [-0.2, 0) is 4.74 Å². The van der Waals surface area contributed by atoms with Crippen LogP contribution in [-0.4, -0.2) is 11.3 Å². The van der Waals surface area contributed by atoms with Crippen molar-refractivity contribution in [1.82, 2.24) is 0 Å². The van der Waals surface area contributed by atoms with Gasteiger partial charge in [-0.1, -0.05) is 97.8 Å². The molecule has 23 heavy (non-hydrogen) atoms. The van der Waals surface area contributed by atoms with Crippen LogP contribution in [0.25, 0.3) is 0 Å².